The van der Waals surface area contributed by atoms with Gasteiger partial charge in [-0.15, -0.1) is 0 Å². The number of hydrogen-bond donors (Lipinski definition) is 1. The van der Waals surface area contributed by atoms with Crippen molar-refractivity contribution < 1.29 is 14.3 Å². The molecule has 0 saturated heterocycles. The Kier molecular flexibility index (Phi) is 4.59. The van der Waals surface area contributed by atoms with E-state index in [0.29, 0.717) is 30.1 Å². The lowest BCUT2D eigenvalue weighted by Gasteiger charge is -2.34. The van der Waals surface area contributed by atoms with Crippen molar-refractivity contribution >= 4 is 17.5 Å². The van der Waals surface area contributed by atoms with Crippen molar-refractivity contribution in [2.75, 3.05) is 32.9 Å². The second-order valence-electron chi connectivity index (χ2n) is 5.97. The van der Waals surface area contributed by atoms with Gasteiger partial charge in [0.25, 0.3) is 5.91 Å². The van der Waals surface area contributed by atoms with Crippen LogP contribution in [0.5, 0.6) is 5.75 Å². The van der Waals surface area contributed by atoms with Crippen molar-refractivity contribution in [2.45, 2.75) is 20.0 Å². The summed E-state index contributed by atoms with van der Waals surface area (Å²) in [7, 11) is 3.51. The van der Waals surface area contributed by atoms with E-state index in [1.165, 1.54) is 6.92 Å². The summed E-state index contributed by atoms with van der Waals surface area (Å²) >= 11 is 0. The summed E-state index contributed by atoms with van der Waals surface area (Å²) in [6.07, 6.45) is -0.188. The van der Waals surface area contributed by atoms with Crippen molar-refractivity contribution in [1.29, 1.82) is 0 Å². The van der Waals surface area contributed by atoms with Gasteiger partial charge in [0, 0.05) is 39.2 Å². The minimum Gasteiger partial charge on any atom is -0.487 e. The number of anilines is 1. The smallest absolute Gasteiger partial charge is 0.257 e. The Bertz CT molecular complexity index is 588. The van der Waals surface area contributed by atoms with Crippen molar-refractivity contribution in [3.8, 4) is 5.75 Å². The molecule has 0 unspecified atom stereocenters. The van der Waals surface area contributed by atoms with E-state index in [9.17, 15) is 9.59 Å². The molecule has 1 aromatic rings. The van der Waals surface area contributed by atoms with Crippen LogP contribution in [0, 0.1) is 5.92 Å². The average molecular weight is 305 g/mol. The molecule has 0 saturated carbocycles. The zero-order valence-corrected chi connectivity index (χ0v) is 13.5. The summed E-state index contributed by atoms with van der Waals surface area (Å²) in [5.74, 6) is 0.494. The molecule has 1 aliphatic heterocycles. The number of nitrogen functional groups attached to an aromatic ring is 1. The third-order valence-corrected chi connectivity index (χ3v) is 4.05. The summed E-state index contributed by atoms with van der Waals surface area (Å²) in [6, 6.07) is 5.06. The van der Waals surface area contributed by atoms with E-state index in [4.69, 9.17) is 10.5 Å². The highest BCUT2D eigenvalue weighted by molar-refractivity contribution is 5.97. The van der Waals surface area contributed by atoms with Gasteiger partial charge < -0.3 is 20.3 Å². The van der Waals surface area contributed by atoms with Crippen LogP contribution < -0.4 is 10.5 Å². The summed E-state index contributed by atoms with van der Waals surface area (Å²) in [6.45, 7) is 4.58. The molecule has 0 spiro atoms. The van der Waals surface area contributed by atoms with Gasteiger partial charge in [-0.1, -0.05) is 6.92 Å². The molecular weight excluding hydrogens is 282 g/mol. The summed E-state index contributed by atoms with van der Waals surface area (Å²) < 4.78 is 6.05. The number of nitrogens with zero attached hydrogens (tertiary/aromatic N) is 2. The van der Waals surface area contributed by atoms with Gasteiger partial charge in [-0.05, 0) is 18.2 Å². The van der Waals surface area contributed by atoms with Crippen molar-refractivity contribution in [3.63, 3.8) is 0 Å². The Balaban J connectivity index is 2.35. The van der Waals surface area contributed by atoms with Crippen molar-refractivity contribution in [2.24, 2.45) is 5.92 Å². The van der Waals surface area contributed by atoms with Crippen LogP contribution in [0.3, 0.4) is 0 Å². The van der Waals surface area contributed by atoms with E-state index in [-0.39, 0.29) is 23.8 Å². The topological polar surface area (TPSA) is 75.9 Å². The molecule has 0 aliphatic carbocycles. The summed E-state index contributed by atoms with van der Waals surface area (Å²) in [5.41, 5.74) is 6.77. The number of fused-ring (bicyclic) bond motifs is 1. The standard InChI is InChI=1S/C16H23N3O3/c1-10-8-19(4)16(21)13-7-12(17)5-6-14(13)22-15(10)9-18(3)11(2)20/h5-7,10,15H,8-9,17H2,1-4H3/t10-,15+/m0/s1. The molecule has 2 N–H and O–H groups in total. The third kappa shape index (κ3) is 3.32. The molecule has 1 aliphatic rings. The lowest BCUT2D eigenvalue weighted by molar-refractivity contribution is -0.129. The van der Waals surface area contributed by atoms with Gasteiger partial charge in [-0.3, -0.25) is 9.59 Å². The van der Waals surface area contributed by atoms with E-state index < -0.39 is 0 Å². The first-order valence-electron chi connectivity index (χ1n) is 7.33. The summed E-state index contributed by atoms with van der Waals surface area (Å²) in [5, 5.41) is 0. The average Bonchev–Trinajstić information content (AvgIpc) is 2.46. The van der Waals surface area contributed by atoms with Crippen LogP contribution in [-0.4, -0.2) is 54.9 Å². The minimum atomic E-state index is -0.188. The Morgan fingerprint density at radius 2 is 2.18 bits per heavy atom. The van der Waals surface area contributed by atoms with Crippen molar-refractivity contribution in [1.82, 2.24) is 9.80 Å². The van der Waals surface area contributed by atoms with E-state index >= 15 is 0 Å². The van der Waals surface area contributed by atoms with Gasteiger partial charge in [0.05, 0.1) is 12.1 Å². The Hall–Kier alpha value is -2.24. The molecule has 22 heavy (non-hydrogen) atoms. The zero-order valence-electron chi connectivity index (χ0n) is 13.5. The fourth-order valence-corrected chi connectivity index (χ4v) is 2.55. The molecular formula is C16H23N3O3. The van der Waals surface area contributed by atoms with Crippen LogP contribution in [0.2, 0.25) is 0 Å². The van der Waals surface area contributed by atoms with Crippen molar-refractivity contribution in [3.05, 3.63) is 23.8 Å². The second-order valence-corrected chi connectivity index (χ2v) is 5.97. The van der Waals surface area contributed by atoms with Gasteiger partial charge in [-0.2, -0.15) is 0 Å². The quantitative estimate of drug-likeness (QED) is 0.834. The zero-order chi connectivity index (χ0) is 16.4. The van der Waals surface area contributed by atoms with Crippen LogP contribution in [-0.2, 0) is 4.79 Å². The molecule has 6 nitrogen and oxygen atoms in total. The molecule has 1 heterocycles. The first-order valence-corrected chi connectivity index (χ1v) is 7.33. The molecule has 1 aromatic carbocycles. The summed E-state index contributed by atoms with van der Waals surface area (Å²) in [4.78, 5) is 27.2. The molecule has 2 amide bonds. The molecule has 120 valence electrons. The molecule has 0 aromatic heterocycles. The van der Waals surface area contributed by atoms with Gasteiger partial charge in [0.1, 0.15) is 11.9 Å². The first kappa shape index (κ1) is 16.1. The highest BCUT2D eigenvalue weighted by atomic mass is 16.5. The highest BCUT2D eigenvalue weighted by Crippen LogP contribution is 2.28. The Labute approximate surface area is 130 Å². The number of benzene rings is 1. The largest absolute Gasteiger partial charge is 0.487 e. The number of ether oxygens (including phenoxy) is 1. The SMILES string of the molecule is CC(=O)N(C)C[C@H]1Oc2ccc(N)cc2C(=O)N(C)C[C@@H]1C. The second kappa shape index (κ2) is 6.25. The number of likely N-dealkylation sites (N-methyl/N-ethyl adjacent to an activating group) is 1. The molecule has 0 bridgehead atoms. The van der Waals surface area contributed by atoms with Crippen LogP contribution in [0.15, 0.2) is 18.2 Å². The predicted octanol–water partition coefficient (Wildman–Crippen LogP) is 1.22. The molecule has 6 heteroatoms. The van der Waals surface area contributed by atoms with Gasteiger partial charge in [0.15, 0.2) is 0 Å². The number of carbonyl (C=O) groups excluding carboxylic acids is 2. The van der Waals surface area contributed by atoms with Crippen LogP contribution in [0.1, 0.15) is 24.2 Å². The number of nitrogens with two attached hydrogens (primary N) is 1. The van der Waals surface area contributed by atoms with Gasteiger partial charge >= 0.3 is 0 Å². The fourth-order valence-electron chi connectivity index (χ4n) is 2.55. The van der Waals surface area contributed by atoms with E-state index in [2.05, 4.69) is 0 Å². The van der Waals surface area contributed by atoms with E-state index in [1.54, 1.807) is 42.1 Å². The number of amides is 2. The number of hydrogen-bond acceptors (Lipinski definition) is 4. The maximum Gasteiger partial charge on any atom is 0.257 e. The third-order valence-electron chi connectivity index (χ3n) is 4.05. The fraction of sp³-hybridized carbons (Fsp3) is 0.500. The maximum absolute atomic E-state index is 12.5. The predicted molar refractivity (Wildman–Crippen MR) is 84.7 cm³/mol. The minimum absolute atomic E-state index is 0.0141. The Morgan fingerprint density at radius 1 is 1.50 bits per heavy atom. The molecule has 0 fully saturated rings. The van der Waals surface area contributed by atoms with Crippen LogP contribution in [0.4, 0.5) is 5.69 Å². The van der Waals surface area contributed by atoms with E-state index in [0.717, 1.165) is 0 Å². The monoisotopic (exact) mass is 305 g/mol. The van der Waals surface area contributed by atoms with Gasteiger partial charge in [-0.25, -0.2) is 0 Å². The number of rotatable bonds is 2. The van der Waals surface area contributed by atoms with E-state index in [1.807, 2.05) is 6.92 Å². The first-order chi connectivity index (χ1) is 10.3. The highest BCUT2D eigenvalue weighted by Gasteiger charge is 2.30. The maximum atomic E-state index is 12.5. The molecule has 2 atom stereocenters. The normalized spacial score (nSPS) is 21.5. The lowest BCUT2D eigenvalue weighted by Crippen LogP contribution is -2.45. The van der Waals surface area contributed by atoms with Crippen LogP contribution in [0.25, 0.3) is 0 Å². The van der Waals surface area contributed by atoms with Crippen LogP contribution >= 0.6 is 0 Å². The Morgan fingerprint density at radius 3 is 2.82 bits per heavy atom. The molecule has 2 rings (SSSR count). The number of carbonyl (C=O) groups is 2. The molecule has 0 radical (unpaired) electrons. The lowest BCUT2D eigenvalue weighted by atomic mass is 10.0. The van der Waals surface area contributed by atoms with Gasteiger partial charge in [0.2, 0.25) is 5.91 Å².